The van der Waals surface area contributed by atoms with Crippen molar-refractivity contribution in [3.8, 4) is 38.3 Å². The molecule has 0 aliphatic heterocycles. The van der Waals surface area contributed by atoms with Crippen molar-refractivity contribution in [3.05, 3.63) is 63.8 Å². The molecule has 2 aromatic carbocycles. The Labute approximate surface area is 162 Å². The van der Waals surface area contributed by atoms with Gasteiger partial charge in [-0.3, -0.25) is 0 Å². The molecule has 0 atom stereocenters. The van der Waals surface area contributed by atoms with Crippen LogP contribution in [-0.4, -0.2) is 17.1 Å². The third-order valence-electron chi connectivity index (χ3n) is 3.70. The fraction of sp³-hybridized carbons (Fsp3) is 0.0526. The molecule has 0 unspecified atom stereocenters. The fourth-order valence-electron chi connectivity index (χ4n) is 2.41. The molecule has 0 aliphatic rings. The van der Waals surface area contributed by atoms with Crippen LogP contribution in [0, 0.1) is 0 Å². The number of nitrogens with zero attached hydrogens (tertiary/aromatic N) is 2. The molecular weight excluding hydrogens is 416 g/mol. The van der Waals surface area contributed by atoms with Gasteiger partial charge < -0.3 is 4.74 Å². The van der Waals surface area contributed by atoms with Gasteiger partial charge in [0.25, 0.3) is 0 Å². The van der Waals surface area contributed by atoms with Gasteiger partial charge in [0.2, 0.25) is 0 Å². The van der Waals surface area contributed by atoms with Crippen LogP contribution in [0.3, 0.4) is 0 Å². The van der Waals surface area contributed by atoms with Crippen LogP contribution in [0.1, 0.15) is 0 Å². The van der Waals surface area contributed by atoms with Gasteiger partial charge in [0.05, 0.1) is 18.5 Å². The minimum atomic E-state index is 0.832. The zero-order valence-electron chi connectivity index (χ0n) is 13.3. The number of halogens is 1. The number of hydrogen-bond donors (Lipinski definition) is 0. The Morgan fingerprint density at radius 1 is 0.840 bits per heavy atom. The predicted molar refractivity (Wildman–Crippen MR) is 108 cm³/mol. The molecule has 25 heavy (non-hydrogen) atoms. The summed E-state index contributed by atoms with van der Waals surface area (Å²) in [5.41, 5.74) is 4.08. The Morgan fingerprint density at radius 3 is 2.12 bits per heavy atom. The molecule has 4 rings (SSSR count). The van der Waals surface area contributed by atoms with E-state index in [0.29, 0.717) is 0 Å². The van der Waals surface area contributed by atoms with Gasteiger partial charge in [-0.25, -0.2) is 9.97 Å². The van der Waals surface area contributed by atoms with E-state index in [1.54, 1.807) is 29.8 Å². The van der Waals surface area contributed by atoms with Crippen molar-refractivity contribution >= 4 is 38.6 Å². The second kappa shape index (κ2) is 7.07. The summed E-state index contributed by atoms with van der Waals surface area (Å²) in [6, 6.07) is 16.1. The topological polar surface area (TPSA) is 35.0 Å². The second-order valence-electron chi connectivity index (χ2n) is 5.31. The van der Waals surface area contributed by atoms with E-state index in [1.165, 1.54) is 0 Å². The quantitative estimate of drug-likeness (QED) is 0.378. The zero-order valence-corrected chi connectivity index (χ0v) is 16.5. The maximum Gasteiger partial charge on any atom is 0.152 e. The monoisotopic (exact) mass is 428 g/mol. The lowest BCUT2D eigenvalue weighted by molar-refractivity contribution is 0.415. The predicted octanol–water partition coefficient (Wildman–Crippen LogP) is 6.37. The molecular formula is C19H13BrN2OS2. The number of thiazole rings is 2. The molecule has 0 saturated carbocycles. The van der Waals surface area contributed by atoms with Crippen LogP contribution in [0.4, 0.5) is 0 Å². The summed E-state index contributed by atoms with van der Waals surface area (Å²) in [5, 5.41) is 6.01. The number of benzene rings is 2. The number of ether oxygens (including phenoxy) is 1. The van der Waals surface area contributed by atoms with Crippen molar-refractivity contribution in [2.75, 3.05) is 7.11 Å². The van der Waals surface area contributed by atoms with E-state index < -0.39 is 0 Å². The van der Waals surface area contributed by atoms with Gasteiger partial charge >= 0.3 is 0 Å². The van der Waals surface area contributed by atoms with E-state index >= 15 is 0 Å². The number of methoxy groups -OCH3 is 1. The lowest BCUT2D eigenvalue weighted by atomic mass is 10.2. The Morgan fingerprint density at radius 2 is 1.48 bits per heavy atom. The third kappa shape index (κ3) is 3.51. The molecule has 0 spiro atoms. The molecule has 2 aromatic heterocycles. The molecule has 6 heteroatoms. The average Bonchev–Trinajstić information content (AvgIpc) is 3.32. The smallest absolute Gasteiger partial charge is 0.152 e. The van der Waals surface area contributed by atoms with E-state index in [2.05, 4.69) is 38.8 Å². The standard InChI is InChI=1S/C19H13BrN2OS2/c1-23-15-4-2-3-13(9-15)17-11-25-19(22-17)18-21-16(10-24-18)12-5-7-14(20)8-6-12/h2-11H,1H3. The second-order valence-corrected chi connectivity index (χ2v) is 7.95. The number of hydrogen-bond acceptors (Lipinski definition) is 5. The maximum absolute atomic E-state index is 5.29. The molecule has 2 heterocycles. The SMILES string of the molecule is COc1cccc(-c2csc(-c3nc(-c4ccc(Br)cc4)cs3)n2)c1. The van der Waals surface area contributed by atoms with E-state index in [4.69, 9.17) is 14.7 Å². The highest BCUT2D eigenvalue weighted by molar-refractivity contribution is 9.10. The Bertz CT molecular complexity index is 1010. The molecule has 0 aliphatic carbocycles. The first-order valence-electron chi connectivity index (χ1n) is 7.55. The van der Waals surface area contributed by atoms with Gasteiger partial charge in [-0.1, -0.05) is 40.2 Å². The highest BCUT2D eigenvalue weighted by Gasteiger charge is 2.12. The van der Waals surface area contributed by atoms with Gasteiger partial charge in [-0.05, 0) is 24.3 Å². The van der Waals surface area contributed by atoms with Crippen molar-refractivity contribution in [2.24, 2.45) is 0 Å². The van der Waals surface area contributed by atoms with Crippen LogP contribution in [0.2, 0.25) is 0 Å². The van der Waals surface area contributed by atoms with Crippen LogP contribution in [0.15, 0.2) is 63.8 Å². The lowest BCUT2D eigenvalue weighted by Crippen LogP contribution is -1.84. The summed E-state index contributed by atoms with van der Waals surface area (Å²) >= 11 is 6.69. The third-order valence-corrected chi connectivity index (χ3v) is 6.05. The largest absolute Gasteiger partial charge is 0.497 e. The van der Waals surface area contributed by atoms with Gasteiger partial charge in [-0.2, -0.15) is 0 Å². The highest BCUT2D eigenvalue weighted by atomic mass is 79.9. The molecule has 0 amide bonds. The van der Waals surface area contributed by atoms with Crippen molar-refractivity contribution in [1.82, 2.24) is 9.97 Å². The van der Waals surface area contributed by atoms with Crippen molar-refractivity contribution < 1.29 is 4.74 Å². The molecule has 4 aromatic rings. The summed E-state index contributed by atoms with van der Waals surface area (Å²) in [4.78, 5) is 9.50. The molecule has 0 fully saturated rings. The Balaban J connectivity index is 1.63. The van der Waals surface area contributed by atoms with Crippen LogP contribution in [0.25, 0.3) is 32.5 Å². The molecule has 0 radical (unpaired) electrons. The minimum Gasteiger partial charge on any atom is -0.497 e. The van der Waals surface area contributed by atoms with Crippen LogP contribution in [0.5, 0.6) is 5.75 Å². The van der Waals surface area contributed by atoms with E-state index in [9.17, 15) is 0 Å². The van der Waals surface area contributed by atoms with E-state index in [-0.39, 0.29) is 0 Å². The number of rotatable bonds is 4. The maximum atomic E-state index is 5.29. The molecule has 0 saturated heterocycles. The molecule has 0 N–H and O–H groups in total. The first kappa shape index (κ1) is 16.4. The van der Waals surface area contributed by atoms with E-state index in [1.807, 2.05) is 36.4 Å². The van der Waals surface area contributed by atoms with Crippen LogP contribution >= 0.6 is 38.6 Å². The Hall–Kier alpha value is -2.02. The van der Waals surface area contributed by atoms with Crippen LogP contribution < -0.4 is 4.74 Å². The van der Waals surface area contributed by atoms with Crippen LogP contribution in [-0.2, 0) is 0 Å². The summed E-state index contributed by atoms with van der Waals surface area (Å²) < 4.78 is 6.35. The first-order valence-corrected chi connectivity index (χ1v) is 10.1. The average molecular weight is 429 g/mol. The summed E-state index contributed by atoms with van der Waals surface area (Å²) in [6.07, 6.45) is 0. The Kier molecular flexibility index (Phi) is 4.65. The molecule has 124 valence electrons. The number of aromatic nitrogens is 2. The lowest BCUT2D eigenvalue weighted by Gasteiger charge is -2.01. The minimum absolute atomic E-state index is 0.832. The highest BCUT2D eigenvalue weighted by Crippen LogP contribution is 2.34. The molecule has 3 nitrogen and oxygen atoms in total. The van der Waals surface area contributed by atoms with Gasteiger partial charge in [0, 0.05) is 26.4 Å². The van der Waals surface area contributed by atoms with Crippen molar-refractivity contribution in [3.63, 3.8) is 0 Å². The first-order chi connectivity index (χ1) is 12.2. The zero-order chi connectivity index (χ0) is 17.2. The summed E-state index contributed by atoms with van der Waals surface area (Å²) in [5.74, 6) is 0.832. The van der Waals surface area contributed by atoms with E-state index in [0.717, 1.165) is 42.8 Å². The summed E-state index contributed by atoms with van der Waals surface area (Å²) in [7, 11) is 1.67. The van der Waals surface area contributed by atoms with Crippen molar-refractivity contribution in [1.29, 1.82) is 0 Å². The fourth-order valence-corrected chi connectivity index (χ4v) is 4.38. The van der Waals surface area contributed by atoms with Gasteiger partial charge in [0.1, 0.15) is 5.75 Å². The van der Waals surface area contributed by atoms with Gasteiger partial charge in [-0.15, -0.1) is 22.7 Å². The summed E-state index contributed by atoms with van der Waals surface area (Å²) in [6.45, 7) is 0. The molecule has 0 bridgehead atoms. The van der Waals surface area contributed by atoms with Gasteiger partial charge in [0.15, 0.2) is 10.0 Å². The van der Waals surface area contributed by atoms with Crippen molar-refractivity contribution in [2.45, 2.75) is 0 Å². The normalized spacial score (nSPS) is 10.8.